The highest BCUT2D eigenvalue weighted by Crippen LogP contribution is 2.35. The summed E-state index contributed by atoms with van der Waals surface area (Å²) in [5.74, 6) is 0.217. The zero-order valence-corrected chi connectivity index (χ0v) is 27.9. The topological polar surface area (TPSA) is 93.7 Å². The van der Waals surface area contributed by atoms with Gasteiger partial charge in [-0.05, 0) is 116 Å². The van der Waals surface area contributed by atoms with Crippen LogP contribution in [0.3, 0.4) is 0 Å². The van der Waals surface area contributed by atoms with E-state index in [1.54, 1.807) is 0 Å². The number of nitrogens with one attached hydrogen (secondary N) is 2. The Morgan fingerprint density at radius 3 is 2.43 bits per heavy atom. The normalized spacial score (nSPS) is 29.5. The van der Waals surface area contributed by atoms with Gasteiger partial charge < -0.3 is 25.3 Å². The second-order valence-electron chi connectivity index (χ2n) is 14.5. The van der Waals surface area contributed by atoms with E-state index in [1.165, 1.54) is 44.7 Å². The molecule has 0 bridgehead atoms. The summed E-state index contributed by atoms with van der Waals surface area (Å²) < 4.78 is 40.4. The molecule has 6 rings (SSSR count). The van der Waals surface area contributed by atoms with Gasteiger partial charge in [-0.2, -0.15) is 13.2 Å². The average Bonchev–Trinajstić information content (AvgIpc) is 3.43. The Kier molecular flexibility index (Phi) is 10.3. The average molecular weight is 658 g/mol. The molecule has 9 nitrogen and oxygen atoms in total. The smallest absolute Gasteiger partial charge is 0.358 e. The number of hydrogen-bond donors (Lipinski definition) is 2. The summed E-state index contributed by atoms with van der Waals surface area (Å²) in [4.78, 5) is 42.9. The van der Waals surface area contributed by atoms with Crippen LogP contribution in [0, 0.1) is 5.92 Å². The zero-order chi connectivity index (χ0) is 33.3. The summed E-state index contributed by atoms with van der Waals surface area (Å²) in [5, 5.41) is 6.82. The van der Waals surface area contributed by atoms with Gasteiger partial charge in [0.05, 0.1) is 23.2 Å². The van der Waals surface area contributed by atoms with Crippen molar-refractivity contribution in [1.29, 1.82) is 0 Å². The fourth-order valence-electron chi connectivity index (χ4n) is 8.42. The van der Waals surface area contributed by atoms with Crippen LogP contribution in [0.2, 0.25) is 0 Å². The number of fused-ring (bicyclic) bond motifs is 1. The second kappa shape index (κ2) is 14.2. The number of piperidine rings is 1. The van der Waals surface area contributed by atoms with E-state index in [-0.39, 0.29) is 41.0 Å². The van der Waals surface area contributed by atoms with Crippen LogP contribution in [0.4, 0.5) is 19.0 Å². The quantitative estimate of drug-likeness (QED) is 0.390. The molecule has 2 saturated heterocycles. The number of rotatable bonds is 8. The molecular formula is C35H50F3N7O2. The van der Waals surface area contributed by atoms with Crippen LogP contribution >= 0.6 is 0 Å². The lowest BCUT2D eigenvalue weighted by molar-refractivity contribution is -0.137. The summed E-state index contributed by atoms with van der Waals surface area (Å²) in [5.41, 5.74) is -0.415. The number of carbonyl (C=O) groups excluding carboxylic acids is 2. The van der Waals surface area contributed by atoms with E-state index in [9.17, 15) is 22.8 Å². The molecule has 3 heterocycles. The molecule has 1 aromatic carbocycles. The Morgan fingerprint density at radius 2 is 1.72 bits per heavy atom. The number of nitrogens with zero attached hydrogens (tertiary/aromatic N) is 5. The lowest BCUT2D eigenvalue weighted by Crippen LogP contribution is -2.59. The minimum atomic E-state index is -4.50. The van der Waals surface area contributed by atoms with Crippen LogP contribution in [-0.4, -0.2) is 99.4 Å². The Labute approximate surface area is 276 Å². The molecule has 2 amide bonds. The predicted octanol–water partition coefficient (Wildman–Crippen LogP) is 5.45. The second-order valence-corrected chi connectivity index (χ2v) is 14.5. The number of anilines is 1. The van der Waals surface area contributed by atoms with E-state index in [0.29, 0.717) is 36.6 Å². The molecule has 2 aliphatic carbocycles. The van der Waals surface area contributed by atoms with Gasteiger partial charge in [-0.3, -0.25) is 9.59 Å². The summed E-state index contributed by atoms with van der Waals surface area (Å²) in [6.07, 6.45) is 7.55. The highest BCUT2D eigenvalue weighted by Gasteiger charge is 2.44. The third kappa shape index (κ3) is 7.53. The van der Waals surface area contributed by atoms with Gasteiger partial charge in [0.2, 0.25) is 11.8 Å². The first-order valence-electron chi connectivity index (χ1n) is 17.6. The Bertz CT molecular complexity index is 1410. The molecular weight excluding hydrogens is 607 g/mol. The largest absolute Gasteiger partial charge is 0.416 e. The minimum Gasteiger partial charge on any atom is -0.358 e. The number of halogens is 3. The maximum atomic E-state index is 13.9. The standard InChI is InChI=1S/C35H50F3N7O2/c1-22(2)43(3)26-12-14-31(30(20-26)42-33(46)23-7-10-25(11-8-23)44-16-5-4-6-17-44)45-18-15-29(34(45)47)41-32-27-19-24(35(36,37)38)9-13-28(27)39-21-40-32/h9,13,19,21-23,25-26,29-31H,4-8,10-12,14-18,20H2,1-3H3,(H,42,46)(H,39,40,41)/t23?,25?,26-,29+,30-,31+/m1/s1. The van der Waals surface area contributed by atoms with Crippen molar-refractivity contribution in [3.8, 4) is 0 Å². The molecule has 4 aliphatic rings. The van der Waals surface area contributed by atoms with Crippen molar-refractivity contribution in [2.45, 2.75) is 127 Å². The molecule has 4 atom stereocenters. The van der Waals surface area contributed by atoms with E-state index < -0.39 is 17.8 Å². The highest BCUT2D eigenvalue weighted by molar-refractivity contribution is 5.93. The van der Waals surface area contributed by atoms with Crippen LogP contribution < -0.4 is 10.6 Å². The zero-order valence-electron chi connectivity index (χ0n) is 27.9. The molecule has 12 heteroatoms. The Hall–Kier alpha value is -2.99. The maximum Gasteiger partial charge on any atom is 0.416 e. The molecule has 2 saturated carbocycles. The number of hydrogen-bond acceptors (Lipinski definition) is 7. The third-order valence-corrected chi connectivity index (χ3v) is 11.4. The van der Waals surface area contributed by atoms with Crippen molar-refractivity contribution >= 4 is 28.5 Å². The van der Waals surface area contributed by atoms with E-state index in [0.717, 1.165) is 57.1 Å². The van der Waals surface area contributed by atoms with E-state index >= 15 is 0 Å². The molecule has 1 aromatic heterocycles. The number of amides is 2. The summed E-state index contributed by atoms with van der Waals surface area (Å²) >= 11 is 0. The van der Waals surface area contributed by atoms with Gasteiger partial charge in [0.25, 0.3) is 0 Å². The van der Waals surface area contributed by atoms with E-state index in [2.05, 4.69) is 51.3 Å². The van der Waals surface area contributed by atoms with Crippen LogP contribution in [0.15, 0.2) is 24.5 Å². The fourth-order valence-corrected chi connectivity index (χ4v) is 8.42. The molecule has 47 heavy (non-hydrogen) atoms. The predicted molar refractivity (Wildman–Crippen MR) is 176 cm³/mol. The van der Waals surface area contributed by atoms with Gasteiger partial charge in [-0.15, -0.1) is 0 Å². The molecule has 0 unspecified atom stereocenters. The molecule has 2 aromatic rings. The monoisotopic (exact) mass is 657 g/mol. The van der Waals surface area contributed by atoms with Crippen molar-refractivity contribution in [2.75, 3.05) is 32.0 Å². The molecule has 0 spiro atoms. The first kappa shape index (κ1) is 33.9. The van der Waals surface area contributed by atoms with Crippen LogP contribution in [0.1, 0.15) is 90.0 Å². The lowest BCUT2D eigenvalue weighted by Gasteiger charge is -2.45. The third-order valence-electron chi connectivity index (χ3n) is 11.4. The number of carbonyl (C=O) groups is 2. The molecule has 2 aliphatic heterocycles. The minimum absolute atomic E-state index is 0.00350. The summed E-state index contributed by atoms with van der Waals surface area (Å²) in [6, 6.07) is 3.68. The van der Waals surface area contributed by atoms with Crippen molar-refractivity contribution in [1.82, 2.24) is 30.0 Å². The Morgan fingerprint density at radius 1 is 0.979 bits per heavy atom. The fraction of sp³-hybridized carbons (Fsp3) is 0.714. The summed E-state index contributed by atoms with van der Waals surface area (Å²) in [7, 11) is 2.13. The first-order valence-corrected chi connectivity index (χ1v) is 17.6. The molecule has 2 N–H and O–H groups in total. The number of likely N-dealkylation sites (tertiary alicyclic amines) is 2. The first-order chi connectivity index (χ1) is 22.5. The van der Waals surface area contributed by atoms with Gasteiger partial charge in [0.15, 0.2) is 0 Å². The van der Waals surface area contributed by atoms with Crippen molar-refractivity contribution in [3.05, 3.63) is 30.1 Å². The SMILES string of the molecule is CC(C)N(C)[C@@H]1CC[C@H](N2CC[C@H](Nc3ncnc4ccc(C(F)(F)F)cc34)C2=O)[C@H](NC(=O)C2CCC(N3CCCCC3)CC2)C1. The number of aromatic nitrogens is 2. The van der Waals surface area contributed by atoms with Gasteiger partial charge in [0, 0.05) is 36.0 Å². The molecule has 258 valence electrons. The van der Waals surface area contributed by atoms with Crippen molar-refractivity contribution in [2.24, 2.45) is 5.92 Å². The number of alkyl halides is 3. The maximum absolute atomic E-state index is 13.9. The van der Waals surface area contributed by atoms with Crippen LogP contribution in [0.25, 0.3) is 10.9 Å². The van der Waals surface area contributed by atoms with Crippen molar-refractivity contribution < 1.29 is 22.8 Å². The van der Waals surface area contributed by atoms with Gasteiger partial charge >= 0.3 is 6.18 Å². The molecule has 0 radical (unpaired) electrons. The Balaban J connectivity index is 1.14. The molecule has 4 fully saturated rings. The summed E-state index contributed by atoms with van der Waals surface area (Å²) in [6.45, 7) is 7.22. The van der Waals surface area contributed by atoms with Crippen LogP contribution in [0.5, 0.6) is 0 Å². The van der Waals surface area contributed by atoms with Gasteiger partial charge in [-0.25, -0.2) is 9.97 Å². The number of benzene rings is 1. The van der Waals surface area contributed by atoms with Crippen molar-refractivity contribution in [3.63, 3.8) is 0 Å². The van der Waals surface area contributed by atoms with Crippen LogP contribution in [-0.2, 0) is 15.8 Å². The highest BCUT2D eigenvalue weighted by atomic mass is 19.4. The van der Waals surface area contributed by atoms with E-state index in [1.807, 2.05) is 4.90 Å². The van der Waals surface area contributed by atoms with E-state index in [4.69, 9.17) is 0 Å². The van der Waals surface area contributed by atoms with Gasteiger partial charge in [0.1, 0.15) is 18.2 Å². The lowest BCUT2D eigenvalue weighted by atomic mass is 9.82. The van der Waals surface area contributed by atoms with Gasteiger partial charge in [-0.1, -0.05) is 6.42 Å².